The summed E-state index contributed by atoms with van der Waals surface area (Å²) in [4.78, 5) is 12.0. The van der Waals surface area contributed by atoms with Crippen molar-refractivity contribution >= 4 is 12.0 Å². The fraction of sp³-hybridized carbons (Fsp3) is 0.238. The average molecular weight is 383 g/mol. The van der Waals surface area contributed by atoms with Crippen LogP contribution in [0.1, 0.15) is 25.1 Å². The molecule has 2 heterocycles. The number of carbonyl (C=O) groups is 1. The van der Waals surface area contributed by atoms with Crippen molar-refractivity contribution in [3.8, 4) is 23.0 Å². The molecular weight excluding hydrogens is 362 g/mol. The van der Waals surface area contributed by atoms with E-state index in [0.29, 0.717) is 28.7 Å². The standard InChI is InChI=1S/C21H21NO6/c1-14(2)27-18-8-6-15(11-19(18)24-3)7-9-21(23)26-13-16-12-20(28-22-16)17-5-4-10-25-17/h4-12,14H,13H2,1-3H3/b9-7+. The molecule has 28 heavy (non-hydrogen) atoms. The van der Waals surface area contributed by atoms with Crippen molar-refractivity contribution in [2.75, 3.05) is 7.11 Å². The predicted molar refractivity (Wildman–Crippen MR) is 102 cm³/mol. The highest BCUT2D eigenvalue weighted by molar-refractivity contribution is 5.87. The van der Waals surface area contributed by atoms with Crippen LogP contribution in [0.2, 0.25) is 0 Å². The quantitative estimate of drug-likeness (QED) is 0.419. The smallest absolute Gasteiger partial charge is 0.331 e. The Morgan fingerprint density at radius 3 is 2.75 bits per heavy atom. The van der Waals surface area contributed by atoms with Gasteiger partial charge in [0.15, 0.2) is 17.3 Å². The number of hydrogen-bond acceptors (Lipinski definition) is 7. The lowest BCUT2D eigenvalue weighted by Crippen LogP contribution is -2.06. The Morgan fingerprint density at radius 2 is 2.04 bits per heavy atom. The summed E-state index contributed by atoms with van der Waals surface area (Å²) < 4.78 is 26.6. The van der Waals surface area contributed by atoms with Crippen molar-refractivity contribution in [3.63, 3.8) is 0 Å². The van der Waals surface area contributed by atoms with Crippen LogP contribution in [0.15, 0.2) is 57.7 Å². The number of hydrogen-bond donors (Lipinski definition) is 0. The van der Waals surface area contributed by atoms with Crippen LogP contribution in [0.25, 0.3) is 17.6 Å². The number of benzene rings is 1. The third-order valence-electron chi connectivity index (χ3n) is 3.65. The SMILES string of the molecule is COc1cc(/C=C/C(=O)OCc2cc(-c3ccco3)on2)ccc1OC(C)C. The number of furan rings is 1. The highest BCUT2D eigenvalue weighted by atomic mass is 16.5. The predicted octanol–water partition coefficient (Wildman–Crippen LogP) is 4.49. The first-order chi connectivity index (χ1) is 13.5. The minimum atomic E-state index is -0.496. The van der Waals surface area contributed by atoms with Crippen molar-refractivity contribution in [3.05, 3.63) is 60.0 Å². The molecule has 0 saturated carbocycles. The van der Waals surface area contributed by atoms with E-state index in [2.05, 4.69) is 5.16 Å². The van der Waals surface area contributed by atoms with Crippen molar-refractivity contribution in [2.45, 2.75) is 26.6 Å². The molecule has 0 aliphatic heterocycles. The van der Waals surface area contributed by atoms with Gasteiger partial charge in [-0.1, -0.05) is 11.2 Å². The lowest BCUT2D eigenvalue weighted by molar-refractivity contribution is -0.139. The molecule has 0 spiro atoms. The summed E-state index contributed by atoms with van der Waals surface area (Å²) >= 11 is 0. The Morgan fingerprint density at radius 1 is 1.18 bits per heavy atom. The summed E-state index contributed by atoms with van der Waals surface area (Å²) in [5.41, 5.74) is 1.27. The van der Waals surface area contributed by atoms with Gasteiger partial charge in [0, 0.05) is 12.1 Å². The maximum atomic E-state index is 12.0. The van der Waals surface area contributed by atoms with Crippen LogP contribution in [0.5, 0.6) is 11.5 Å². The molecule has 7 nitrogen and oxygen atoms in total. The lowest BCUT2D eigenvalue weighted by Gasteiger charge is -2.13. The van der Waals surface area contributed by atoms with E-state index in [1.54, 1.807) is 49.8 Å². The zero-order valence-corrected chi connectivity index (χ0v) is 15.9. The van der Waals surface area contributed by atoms with Gasteiger partial charge in [-0.15, -0.1) is 0 Å². The number of nitrogens with zero attached hydrogens (tertiary/aromatic N) is 1. The monoisotopic (exact) mass is 383 g/mol. The van der Waals surface area contributed by atoms with Crippen molar-refractivity contribution in [1.29, 1.82) is 0 Å². The first-order valence-electron chi connectivity index (χ1n) is 8.74. The van der Waals surface area contributed by atoms with Gasteiger partial charge < -0.3 is 23.2 Å². The van der Waals surface area contributed by atoms with E-state index in [1.165, 1.54) is 6.08 Å². The van der Waals surface area contributed by atoms with Crippen molar-refractivity contribution < 1.29 is 27.9 Å². The summed E-state index contributed by atoms with van der Waals surface area (Å²) in [6, 6.07) is 10.6. The molecule has 0 saturated heterocycles. The fourth-order valence-electron chi connectivity index (χ4n) is 2.41. The molecule has 0 aliphatic carbocycles. The van der Waals surface area contributed by atoms with E-state index in [1.807, 2.05) is 19.9 Å². The number of esters is 1. The van der Waals surface area contributed by atoms with Crippen LogP contribution in [-0.4, -0.2) is 24.3 Å². The zero-order chi connectivity index (χ0) is 19.9. The van der Waals surface area contributed by atoms with Gasteiger partial charge in [0.1, 0.15) is 12.3 Å². The molecule has 0 N–H and O–H groups in total. The molecule has 3 rings (SSSR count). The van der Waals surface area contributed by atoms with Gasteiger partial charge in [-0.2, -0.15) is 0 Å². The largest absolute Gasteiger partial charge is 0.493 e. The van der Waals surface area contributed by atoms with Crippen LogP contribution >= 0.6 is 0 Å². The highest BCUT2D eigenvalue weighted by Crippen LogP contribution is 2.29. The second kappa shape index (κ2) is 8.94. The Bertz CT molecular complexity index is 940. The van der Waals surface area contributed by atoms with Gasteiger partial charge in [0.2, 0.25) is 5.76 Å². The number of rotatable bonds is 8. The summed E-state index contributed by atoms with van der Waals surface area (Å²) in [6.07, 6.45) is 4.56. The Kier molecular flexibility index (Phi) is 6.16. The van der Waals surface area contributed by atoms with Crippen LogP contribution in [0, 0.1) is 0 Å². The second-order valence-corrected chi connectivity index (χ2v) is 6.18. The third-order valence-corrected chi connectivity index (χ3v) is 3.65. The van der Waals surface area contributed by atoms with Crippen LogP contribution < -0.4 is 9.47 Å². The normalized spacial score (nSPS) is 11.1. The maximum absolute atomic E-state index is 12.0. The molecular formula is C21H21NO6. The van der Waals surface area contributed by atoms with Gasteiger partial charge in [0.25, 0.3) is 0 Å². The minimum absolute atomic E-state index is 0.00211. The summed E-state index contributed by atoms with van der Waals surface area (Å²) in [6.45, 7) is 3.88. The Labute approximate surface area is 162 Å². The van der Waals surface area contributed by atoms with E-state index in [4.69, 9.17) is 23.2 Å². The number of aromatic nitrogens is 1. The Hall–Kier alpha value is -3.48. The second-order valence-electron chi connectivity index (χ2n) is 6.18. The molecule has 1 aromatic carbocycles. The summed E-state index contributed by atoms with van der Waals surface area (Å²) in [5.74, 6) is 1.78. The van der Waals surface area contributed by atoms with Crippen LogP contribution in [-0.2, 0) is 16.1 Å². The van der Waals surface area contributed by atoms with Crippen molar-refractivity contribution in [1.82, 2.24) is 5.16 Å². The molecule has 3 aromatic rings. The van der Waals surface area contributed by atoms with Gasteiger partial charge in [0.05, 0.1) is 19.5 Å². The molecule has 0 unspecified atom stereocenters. The highest BCUT2D eigenvalue weighted by Gasteiger charge is 2.10. The molecule has 0 radical (unpaired) electrons. The molecule has 0 amide bonds. The molecule has 7 heteroatoms. The maximum Gasteiger partial charge on any atom is 0.331 e. The molecule has 2 aromatic heterocycles. The molecule has 0 atom stereocenters. The Balaban J connectivity index is 1.56. The first-order valence-corrected chi connectivity index (χ1v) is 8.74. The number of carbonyl (C=O) groups excluding carboxylic acids is 1. The van der Waals surface area contributed by atoms with Gasteiger partial charge in [-0.25, -0.2) is 4.79 Å². The lowest BCUT2D eigenvalue weighted by atomic mass is 10.2. The third kappa shape index (κ3) is 5.03. The van der Waals surface area contributed by atoms with Crippen molar-refractivity contribution in [2.24, 2.45) is 0 Å². The van der Waals surface area contributed by atoms with E-state index in [9.17, 15) is 4.79 Å². The first kappa shape index (κ1) is 19.3. The van der Waals surface area contributed by atoms with Gasteiger partial charge >= 0.3 is 5.97 Å². The molecule has 0 aliphatic rings. The fourth-order valence-corrected chi connectivity index (χ4v) is 2.41. The summed E-state index contributed by atoms with van der Waals surface area (Å²) in [7, 11) is 1.57. The summed E-state index contributed by atoms with van der Waals surface area (Å²) in [5, 5.41) is 3.85. The van der Waals surface area contributed by atoms with E-state index >= 15 is 0 Å². The van der Waals surface area contributed by atoms with Crippen LogP contribution in [0.3, 0.4) is 0 Å². The molecule has 146 valence electrons. The van der Waals surface area contributed by atoms with Crippen LogP contribution in [0.4, 0.5) is 0 Å². The molecule has 0 bridgehead atoms. The zero-order valence-electron chi connectivity index (χ0n) is 15.9. The topological polar surface area (TPSA) is 83.9 Å². The number of methoxy groups -OCH3 is 1. The average Bonchev–Trinajstić information content (AvgIpc) is 3.36. The van der Waals surface area contributed by atoms with Gasteiger partial charge in [-0.3, -0.25) is 0 Å². The van der Waals surface area contributed by atoms with E-state index < -0.39 is 5.97 Å². The van der Waals surface area contributed by atoms with Gasteiger partial charge in [-0.05, 0) is 49.8 Å². The minimum Gasteiger partial charge on any atom is -0.493 e. The van der Waals surface area contributed by atoms with E-state index in [-0.39, 0.29) is 12.7 Å². The number of ether oxygens (including phenoxy) is 3. The van der Waals surface area contributed by atoms with E-state index in [0.717, 1.165) is 5.56 Å². The molecule has 0 fully saturated rings.